The number of ether oxygens (including phenoxy) is 1. The van der Waals surface area contributed by atoms with E-state index in [2.05, 4.69) is 0 Å². The molecule has 98 valence electrons. The lowest BCUT2D eigenvalue weighted by Gasteiger charge is -2.09. The standard InChI is InChI=1S/C13H16O4S/c1-17-12(8-5-9-18(15)16)10-13(14)11-6-3-2-4-7-11/h2-8,12H,9-10H2,1H3,(H,15,16)/b8-5-. The summed E-state index contributed by atoms with van der Waals surface area (Å²) in [5, 5.41) is 0. The van der Waals surface area contributed by atoms with E-state index >= 15 is 0 Å². The van der Waals surface area contributed by atoms with Gasteiger partial charge in [0.25, 0.3) is 0 Å². The molecule has 1 rings (SSSR count). The van der Waals surface area contributed by atoms with Crippen molar-refractivity contribution in [3.05, 3.63) is 48.0 Å². The van der Waals surface area contributed by atoms with Gasteiger partial charge in [-0.05, 0) is 0 Å². The number of ketones is 1. The summed E-state index contributed by atoms with van der Waals surface area (Å²) in [5.41, 5.74) is 0.638. The first-order valence-corrected chi connectivity index (χ1v) is 6.76. The molecule has 0 aliphatic heterocycles. The van der Waals surface area contributed by atoms with Crippen LogP contribution in [-0.4, -0.2) is 33.5 Å². The summed E-state index contributed by atoms with van der Waals surface area (Å²) in [6, 6.07) is 8.96. The number of Topliss-reactive ketones (excluding diaryl/α,β-unsaturated/α-hetero) is 1. The molecule has 4 nitrogen and oxygen atoms in total. The summed E-state index contributed by atoms with van der Waals surface area (Å²) < 4.78 is 24.2. The zero-order valence-electron chi connectivity index (χ0n) is 10.1. The molecule has 0 saturated carbocycles. The number of methoxy groups -OCH3 is 1. The van der Waals surface area contributed by atoms with Crippen LogP contribution >= 0.6 is 0 Å². The second-order valence-corrected chi connectivity index (χ2v) is 4.66. The van der Waals surface area contributed by atoms with Crippen LogP contribution in [0.5, 0.6) is 0 Å². The average Bonchev–Trinajstić information content (AvgIpc) is 2.38. The molecule has 2 unspecified atom stereocenters. The van der Waals surface area contributed by atoms with Crippen molar-refractivity contribution < 1.29 is 18.3 Å². The van der Waals surface area contributed by atoms with E-state index < -0.39 is 11.1 Å². The summed E-state index contributed by atoms with van der Waals surface area (Å²) in [7, 11) is 1.50. The molecular formula is C13H16O4S. The molecule has 1 aromatic carbocycles. The number of hydrogen-bond donors (Lipinski definition) is 1. The molecule has 18 heavy (non-hydrogen) atoms. The molecule has 0 radical (unpaired) electrons. The van der Waals surface area contributed by atoms with Gasteiger partial charge in [-0.25, -0.2) is 4.21 Å². The molecule has 5 heteroatoms. The van der Waals surface area contributed by atoms with Gasteiger partial charge < -0.3 is 9.29 Å². The van der Waals surface area contributed by atoms with E-state index in [9.17, 15) is 9.00 Å². The zero-order valence-corrected chi connectivity index (χ0v) is 10.9. The smallest absolute Gasteiger partial charge is 0.165 e. The highest BCUT2D eigenvalue weighted by molar-refractivity contribution is 7.79. The third-order valence-electron chi connectivity index (χ3n) is 2.37. The molecule has 0 heterocycles. The highest BCUT2D eigenvalue weighted by Gasteiger charge is 2.11. The maximum atomic E-state index is 11.9. The minimum Gasteiger partial charge on any atom is -0.377 e. The molecular weight excluding hydrogens is 252 g/mol. The van der Waals surface area contributed by atoms with Gasteiger partial charge in [0.2, 0.25) is 0 Å². The van der Waals surface area contributed by atoms with E-state index in [1.54, 1.807) is 36.4 Å². The highest BCUT2D eigenvalue weighted by Crippen LogP contribution is 2.08. The van der Waals surface area contributed by atoms with Crippen molar-refractivity contribution in [1.29, 1.82) is 0 Å². The molecule has 0 spiro atoms. The fourth-order valence-electron chi connectivity index (χ4n) is 1.44. The Kier molecular flexibility index (Phi) is 6.49. The van der Waals surface area contributed by atoms with Crippen molar-refractivity contribution in [1.82, 2.24) is 0 Å². The lowest BCUT2D eigenvalue weighted by molar-refractivity contribution is 0.0852. The van der Waals surface area contributed by atoms with Crippen molar-refractivity contribution >= 4 is 16.9 Å². The van der Waals surface area contributed by atoms with Crippen LogP contribution in [-0.2, 0) is 15.8 Å². The number of rotatable bonds is 7. The van der Waals surface area contributed by atoms with E-state index in [1.807, 2.05) is 6.07 Å². The van der Waals surface area contributed by atoms with Crippen LogP contribution in [0.2, 0.25) is 0 Å². The van der Waals surface area contributed by atoms with Crippen LogP contribution in [0.25, 0.3) is 0 Å². The van der Waals surface area contributed by atoms with E-state index in [0.717, 1.165) is 0 Å². The minimum absolute atomic E-state index is 0.0165. The van der Waals surface area contributed by atoms with Crippen molar-refractivity contribution in [2.75, 3.05) is 12.9 Å². The van der Waals surface area contributed by atoms with E-state index in [1.165, 1.54) is 7.11 Å². The van der Waals surface area contributed by atoms with Crippen LogP contribution in [0.4, 0.5) is 0 Å². The van der Waals surface area contributed by atoms with Crippen LogP contribution in [0.3, 0.4) is 0 Å². The van der Waals surface area contributed by atoms with E-state index in [0.29, 0.717) is 5.56 Å². The van der Waals surface area contributed by atoms with E-state index in [4.69, 9.17) is 9.29 Å². The van der Waals surface area contributed by atoms with E-state index in [-0.39, 0.29) is 24.1 Å². The molecule has 0 aromatic heterocycles. The third kappa shape index (κ3) is 5.35. The molecule has 2 atom stereocenters. The van der Waals surface area contributed by atoms with Crippen LogP contribution in [0, 0.1) is 0 Å². The second kappa shape index (κ2) is 7.92. The fourth-order valence-corrected chi connectivity index (χ4v) is 1.72. The molecule has 1 aromatic rings. The molecule has 0 saturated heterocycles. The quantitative estimate of drug-likeness (QED) is 0.467. The zero-order chi connectivity index (χ0) is 13.4. The topological polar surface area (TPSA) is 63.6 Å². The van der Waals surface area contributed by atoms with Gasteiger partial charge in [-0.2, -0.15) is 0 Å². The average molecular weight is 268 g/mol. The van der Waals surface area contributed by atoms with Gasteiger partial charge in [0.05, 0.1) is 11.9 Å². The van der Waals surface area contributed by atoms with Gasteiger partial charge in [0, 0.05) is 19.1 Å². The van der Waals surface area contributed by atoms with Crippen LogP contribution in [0.1, 0.15) is 16.8 Å². The lowest BCUT2D eigenvalue weighted by Crippen LogP contribution is -2.14. The summed E-state index contributed by atoms with van der Waals surface area (Å²) in [6.07, 6.45) is 3.02. The SMILES string of the molecule is COC(/C=C\CS(=O)O)CC(=O)c1ccccc1. The number of carbonyl (C=O) groups excluding carboxylic acids is 1. The second-order valence-electron chi connectivity index (χ2n) is 3.68. The molecule has 0 amide bonds. The molecule has 0 aliphatic carbocycles. The van der Waals surface area contributed by atoms with Gasteiger partial charge in [0.15, 0.2) is 16.9 Å². The Balaban J connectivity index is 2.55. The first-order chi connectivity index (χ1) is 8.63. The maximum Gasteiger partial charge on any atom is 0.165 e. The Hall–Kier alpha value is -1.30. The molecule has 0 fully saturated rings. The number of hydrogen-bond acceptors (Lipinski definition) is 3. The predicted molar refractivity (Wildman–Crippen MR) is 71.0 cm³/mol. The number of benzene rings is 1. The Morgan fingerprint density at radius 3 is 2.67 bits per heavy atom. The summed E-state index contributed by atoms with van der Waals surface area (Å²) in [6.45, 7) is 0. The monoisotopic (exact) mass is 268 g/mol. The van der Waals surface area contributed by atoms with Gasteiger partial charge >= 0.3 is 0 Å². The molecule has 0 bridgehead atoms. The predicted octanol–water partition coefficient (Wildman–Crippen LogP) is 2.05. The first-order valence-electron chi connectivity index (χ1n) is 5.48. The van der Waals surface area contributed by atoms with Gasteiger partial charge in [-0.15, -0.1) is 0 Å². The number of carbonyl (C=O) groups is 1. The van der Waals surface area contributed by atoms with Crippen molar-refractivity contribution in [3.8, 4) is 0 Å². The van der Waals surface area contributed by atoms with Crippen LogP contribution in [0.15, 0.2) is 42.5 Å². The molecule has 1 N–H and O–H groups in total. The van der Waals surface area contributed by atoms with Gasteiger partial charge in [0.1, 0.15) is 0 Å². The van der Waals surface area contributed by atoms with Gasteiger partial charge in [-0.3, -0.25) is 4.79 Å². The Bertz CT molecular complexity index is 428. The van der Waals surface area contributed by atoms with Crippen molar-refractivity contribution in [2.24, 2.45) is 0 Å². The largest absolute Gasteiger partial charge is 0.377 e. The summed E-state index contributed by atoms with van der Waals surface area (Å²) >= 11 is -1.86. The van der Waals surface area contributed by atoms with Crippen molar-refractivity contribution in [2.45, 2.75) is 12.5 Å². The fraction of sp³-hybridized carbons (Fsp3) is 0.308. The first kappa shape index (κ1) is 14.8. The Morgan fingerprint density at radius 2 is 2.11 bits per heavy atom. The molecule has 0 aliphatic rings. The minimum atomic E-state index is -1.86. The summed E-state index contributed by atoms with van der Waals surface area (Å²) in [5.74, 6) is 0.0246. The third-order valence-corrected chi connectivity index (χ3v) is 2.85. The van der Waals surface area contributed by atoms with Crippen molar-refractivity contribution in [3.63, 3.8) is 0 Å². The van der Waals surface area contributed by atoms with Crippen LogP contribution < -0.4 is 0 Å². The normalized spacial score (nSPS) is 14.6. The summed E-state index contributed by atoms with van der Waals surface area (Å²) in [4.78, 5) is 11.9. The van der Waals surface area contributed by atoms with Gasteiger partial charge in [-0.1, -0.05) is 42.5 Å². The maximum absolute atomic E-state index is 11.9. The Labute approximate surface area is 109 Å². The Morgan fingerprint density at radius 1 is 1.44 bits per heavy atom. The highest BCUT2D eigenvalue weighted by atomic mass is 32.2. The lowest BCUT2D eigenvalue weighted by atomic mass is 10.1.